The minimum Gasteiger partial charge on any atom is -0.387 e. The van der Waals surface area contributed by atoms with Gasteiger partial charge in [-0.3, -0.25) is 9.59 Å². The number of nitrogens with zero attached hydrogens (tertiary/aromatic N) is 1. The number of hydrogen-bond acceptors (Lipinski definition) is 3. The molecule has 0 radical (unpaired) electrons. The molecule has 1 aliphatic carbocycles. The van der Waals surface area contributed by atoms with Crippen molar-refractivity contribution >= 4 is 17.3 Å². The van der Waals surface area contributed by atoms with E-state index in [4.69, 9.17) is 0 Å². The van der Waals surface area contributed by atoms with Gasteiger partial charge in [0.1, 0.15) is 0 Å². The largest absolute Gasteiger partial charge is 0.387 e. The summed E-state index contributed by atoms with van der Waals surface area (Å²) in [5.41, 5.74) is 4.49. The molecule has 0 bridgehead atoms. The highest BCUT2D eigenvalue weighted by atomic mass is 16.3. The summed E-state index contributed by atoms with van der Waals surface area (Å²) >= 11 is 0. The van der Waals surface area contributed by atoms with E-state index in [-0.39, 0.29) is 24.7 Å². The van der Waals surface area contributed by atoms with Crippen LogP contribution in [-0.4, -0.2) is 28.2 Å². The number of rotatable bonds is 3. The fraction of sp³-hybridized carbons (Fsp3) is 0.273. The Bertz CT molecular complexity index is 885. The third kappa shape index (κ3) is 3.08. The van der Waals surface area contributed by atoms with Gasteiger partial charge in [0, 0.05) is 18.5 Å². The second-order valence-electron chi connectivity index (χ2n) is 6.91. The van der Waals surface area contributed by atoms with Gasteiger partial charge in [0.2, 0.25) is 5.91 Å². The van der Waals surface area contributed by atoms with E-state index in [0.29, 0.717) is 25.0 Å². The summed E-state index contributed by atoms with van der Waals surface area (Å²) in [5, 5.41) is 10.4. The number of carbonyl (C=O) groups excluding carboxylic acids is 2. The maximum absolute atomic E-state index is 12.9. The lowest BCUT2D eigenvalue weighted by Crippen LogP contribution is -2.38. The van der Waals surface area contributed by atoms with E-state index in [1.54, 1.807) is 4.90 Å². The van der Waals surface area contributed by atoms with E-state index in [1.807, 2.05) is 54.6 Å². The van der Waals surface area contributed by atoms with Crippen LogP contribution in [0.1, 0.15) is 42.1 Å². The molecule has 1 unspecified atom stereocenters. The van der Waals surface area contributed by atoms with Gasteiger partial charge >= 0.3 is 0 Å². The zero-order valence-electron chi connectivity index (χ0n) is 14.5. The van der Waals surface area contributed by atoms with Gasteiger partial charge in [0.25, 0.3) is 0 Å². The van der Waals surface area contributed by atoms with Gasteiger partial charge in [0.05, 0.1) is 19.1 Å². The number of amides is 1. The van der Waals surface area contributed by atoms with Crippen LogP contribution >= 0.6 is 0 Å². The summed E-state index contributed by atoms with van der Waals surface area (Å²) in [6, 6.07) is 17.5. The summed E-state index contributed by atoms with van der Waals surface area (Å²) in [6.07, 6.45) is 0.596. The summed E-state index contributed by atoms with van der Waals surface area (Å²) in [4.78, 5) is 26.9. The summed E-state index contributed by atoms with van der Waals surface area (Å²) in [7, 11) is 0. The van der Waals surface area contributed by atoms with Gasteiger partial charge in [-0.05, 0) is 28.7 Å². The number of aliphatic hydroxyl groups excluding tert-OH is 1. The van der Waals surface area contributed by atoms with Crippen LogP contribution in [0.25, 0.3) is 5.57 Å². The minimum atomic E-state index is -0.675. The number of Topliss-reactive ketones (excluding diaryl/α,β-unsaturated/α-hetero) is 1. The molecule has 4 nitrogen and oxygen atoms in total. The van der Waals surface area contributed by atoms with Crippen LogP contribution < -0.4 is 0 Å². The molecule has 1 heterocycles. The first-order chi connectivity index (χ1) is 12.6. The quantitative estimate of drug-likeness (QED) is 0.927. The second-order valence-corrected chi connectivity index (χ2v) is 6.91. The molecule has 1 amide bonds. The van der Waals surface area contributed by atoms with Crippen LogP contribution in [0, 0.1) is 0 Å². The Morgan fingerprint density at radius 2 is 1.77 bits per heavy atom. The standard InChI is InChI=1S/C22H21NO3/c24-20-11-10-17(15-6-2-1-3-7-15)19(20)12-22(26)23-13-16-8-4-5-9-18(16)21(25)14-23/h1-9,21,25H,10-14H2. The van der Waals surface area contributed by atoms with Crippen molar-refractivity contribution in [2.24, 2.45) is 0 Å². The third-order valence-corrected chi connectivity index (χ3v) is 5.27. The molecule has 132 valence electrons. The molecular weight excluding hydrogens is 326 g/mol. The molecule has 0 saturated carbocycles. The van der Waals surface area contributed by atoms with E-state index >= 15 is 0 Å². The number of hydrogen-bond donors (Lipinski definition) is 1. The van der Waals surface area contributed by atoms with E-state index in [1.165, 1.54) is 0 Å². The zero-order chi connectivity index (χ0) is 18.1. The second kappa shape index (κ2) is 6.89. The Morgan fingerprint density at radius 3 is 2.58 bits per heavy atom. The molecule has 0 spiro atoms. The Morgan fingerprint density at radius 1 is 1.04 bits per heavy atom. The van der Waals surface area contributed by atoms with Crippen LogP contribution in [0.3, 0.4) is 0 Å². The van der Waals surface area contributed by atoms with Crippen molar-refractivity contribution in [3.8, 4) is 0 Å². The van der Waals surface area contributed by atoms with Crippen molar-refractivity contribution in [2.45, 2.75) is 31.9 Å². The number of benzene rings is 2. The Balaban J connectivity index is 1.57. The fourth-order valence-electron chi connectivity index (χ4n) is 3.91. The lowest BCUT2D eigenvalue weighted by atomic mass is 9.96. The van der Waals surface area contributed by atoms with Gasteiger partial charge in [-0.25, -0.2) is 0 Å². The molecule has 4 rings (SSSR count). The molecule has 0 aromatic heterocycles. The van der Waals surface area contributed by atoms with Gasteiger partial charge in [-0.15, -0.1) is 0 Å². The lowest BCUT2D eigenvalue weighted by molar-refractivity contribution is -0.134. The molecule has 0 fully saturated rings. The first kappa shape index (κ1) is 16.7. The lowest BCUT2D eigenvalue weighted by Gasteiger charge is -2.32. The molecular formula is C22H21NO3. The molecule has 1 N–H and O–H groups in total. The highest BCUT2D eigenvalue weighted by Gasteiger charge is 2.30. The monoisotopic (exact) mass is 347 g/mol. The van der Waals surface area contributed by atoms with E-state index in [0.717, 1.165) is 22.3 Å². The summed E-state index contributed by atoms with van der Waals surface area (Å²) < 4.78 is 0. The predicted molar refractivity (Wildman–Crippen MR) is 99.0 cm³/mol. The molecule has 2 aromatic rings. The SMILES string of the molecule is O=C1CCC(c2ccccc2)=C1CC(=O)N1Cc2ccccc2C(O)C1. The molecule has 2 aliphatic rings. The van der Waals surface area contributed by atoms with Gasteiger partial charge in [-0.2, -0.15) is 0 Å². The topological polar surface area (TPSA) is 57.6 Å². The van der Waals surface area contributed by atoms with Gasteiger partial charge in [0.15, 0.2) is 5.78 Å². The first-order valence-electron chi connectivity index (χ1n) is 8.98. The van der Waals surface area contributed by atoms with Gasteiger partial charge in [-0.1, -0.05) is 54.6 Å². The third-order valence-electron chi connectivity index (χ3n) is 5.27. The van der Waals surface area contributed by atoms with Crippen LogP contribution in [0.15, 0.2) is 60.2 Å². The van der Waals surface area contributed by atoms with Crippen molar-refractivity contribution in [1.29, 1.82) is 0 Å². The van der Waals surface area contributed by atoms with Crippen LogP contribution in [0.5, 0.6) is 0 Å². The maximum Gasteiger partial charge on any atom is 0.227 e. The molecule has 2 aromatic carbocycles. The Hall–Kier alpha value is -2.72. The van der Waals surface area contributed by atoms with Crippen molar-refractivity contribution in [2.75, 3.05) is 6.54 Å². The van der Waals surface area contributed by atoms with E-state index in [9.17, 15) is 14.7 Å². The van der Waals surface area contributed by atoms with Crippen molar-refractivity contribution in [1.82, 2.24) is 4.90 Å². The molecule has 26 heavy (non-hydrogen) atoms. The zero-order valence-corrected chi connectivity index (χ0v) is 14.5. The number of allylic oxidation sites excluding steroid dienone is 1. The van der Waals surface area contributed by atoms with E-state index in [2.05, 4.69) is 0 Å². The normalized spacial score (nSPS) is 19.7. The van der Waals surface area contributed by atoms with Gasteiger partial charge < -0.3 is 10.0 Å². The Kier molecular flexibility index (Phi) is 4.43. The van der Waals surface area contributed by atoms with Crippen molar-refractivity contribution in [3.63, 3.8) is 0 Å². The average Bonchev–Trinajstić information content (AvgIpc) is 3.03. The number of ketones is 1. The molecule has 1 atom stereocenters. The Labute approximate surface area is 152 Å². The van der Waals surface area contributed by atoms with Crippen LogP contribution in [-0.2, 0) is 16.1 Å². The average molecular weight is 347 g/mol. The van der Waals surface area contributed by atoms with Crippen LogP contribution in [0.4, 0.5) is 0 Å². The summed E-state index contributed by atoms with van der Waals surface area (Å²) in [6.45, 7) is 0.756. The number of fused-ring (bicyclic) bond motifs is 1. The molecule has 4 heteroatoms. The fourth-order valence-corrected chi connectivity index (χ4v) is 3.91. The van der Waals surface area contributed by atoms with Crippen LogP contribution in [0.2, 0.25) is 0 Å². The maximum atomic E-state index is 12.9. The number of aliphatic hydroxyl groups is 1. The van der Waals surface area contributed by atoms with E-state index < -0.39 is 6.10 Å². The van der Waals surface area contributed by atoms with Crippen molar-refractivity contribution < 1.29 is 14.7 Å². The smallest absolute Gasteiger partial charge is 0.227 e. The highest BCUT2D eigenvalue weighted by molar-refractivity contribution is 6.10. The first-order valence-corrected chi connectivity index (χ1v) is 8.98. The highest BCUT2D eigenvalue weighted by Crippen LogP contribution is 2.34. The number of carbonyl (C=O) groups is 2. The summed E-state index contributed by atoms with van der Waals surface area (Å²) in [5.74, 6) is -0.0348. The van der Waals surface area contributed by atoms with Crippen molar-refractivity contribution in [3.05, 3.63) is 76.9 Å². The molecule has 0 saturated heterocycles. The minimum absolute atomic E-state index is 0.0650. The predicted octanol–water partition coefficient (Wildman–Crippen LogP) is 3.27. The molecule has 1 aliphatic heterocycles. The number of β-amino-alcohol motifs (C(OH)–C–C–N with tert-alkyl or cyclic N) is 1.